The van der Waals surface area contributed by atoms with Crippen LogP contribution in [0, 0.1) is 0 Å². The zero-order chi connectivity index (χ0) is 18.2. The van der Waals surface area contributed by atoms with Crippen molar-refractivity contribution in [1.29, 1.82) is 0 Å². The maximum atomic E-state index is 11.8. The second kappa shape index (κ2) is 9.20. The van der Waals surface area contributed by atoms with E-state index in [0.717, 1.165) is 21.2 Å². The summed E-state index contributed by atoms with van der Waals surface area (Å²) in [6.45, 7) is 0.235. The van der Waals surface area contributed by atoms with Crippen LogP contribution in [0.4, 0.5) is 0 Å². The zero-order valence-corrected chi connectivity index (χ0v) is 15.8. The number of esters is 1. The average molecular weight is 411 g/mol. The first-order chi connectivity index (χ1) is 12.7. The van der Waals surface area contributed by atoms with Gasteiger partial charge in [0, 0.05) is 6.42 Å². The van der Waals surface area contributed by atoms with Crippen molar-refractivity contribution in [3.05, 3.63) is 88.9 Å². The molecule has 0 saturated heterocycles. The number of hydrogen-bond donors (Lipinski definition) is 0. The number of halogens is 1. The number of benzene rings is 3. The zero-order valence-electron chi connectivity index (χ0n) is 14.2. The van der Waals surface area contributed by atoms with Gasteiger partial charge in [-0.15, -0.1) is 0 Å². The SMILES string of the molecule is O=C(COc1ccc(-c2ccccc2)cc1Br)OCCc1ccccc1. The van der Waals surface area contributed by atoms with E-state index in [1.807, 2.05) is 78.9 Å². The first kappa shape index (κ1) is 18.2. The van der Waals surface area contributed by atoms with Crippen LogP contribution in [0.15, 0.2) is 83.3 Å². The highest BCUT2D eigenvalue weighted by atomic mass is 79.9. The Balaban J connectivity index is 1.49. The summed E-state index contributed by atoms with van der Waals surface area (Å²) < 4.78 is 11.6. The van der Waals surface area contributed by atoms with Gasteiger partial charge in [0.25, 0.3) is 0 Å². The van der Waals surface area contributed by atoms with E-state index in [1.165, 1.54) is 0 Å². The van der Waals surface area contributed by atoms with Crippen LogP contribution in [0.3, 0.4) is 0 Å². The monoisotopic (exact) mass is 410 g/mol. The molecule has 0 spiro atoms. The second-order valence-corrected chi connectivity index (χ2v) is 6.61. The quantitative estimate of drug-likeness (QED) is 0.497. The maximum absolute atomic E-state index is 11.8. The molecular formula is C22H19BrO3. The molecule has 0 radical (unpaired) electrons. The van der Waals surface area contributed by atoms with Crippen LogP contribution >= 0.6 is 15.9 Å². The molecule has 0 bridgehead atoms. The highest BCUT2D eigenvalue weighted by Gasteiger charge is 2.08. The van der Waals surface area contributed by atoms with E-state index in [1.54, 1.807) is 0 Å². The minimum Gasteiger partial charge on any atom is -0.481 e. The van der Waals surface area contributed by atoms with Gasteiger partial charge in [0.1, 0.15) is 5.75 Å². The van der Waals surface area contributed by atoms with E-state index in [4.69, 9.17) is 9.47 Å². The van der Waals surface area contributed by atoms with E-state index >= 15 is 0 Å². The van der Waals surface area contributed by atoms with Gasteiger partial charge in [-0.25, -0.2) is 4.79 Å². The molecule has 3 aromatic carbocycles. The van der Waals surface area contributed by atoms with Gasteiger partial charge in [-0.1, -0.05) is 66.7 Å². The molecule has 0 aliphatic carbocycles. The predicted molar refractivity (Wildman–Crippen MR) is 106 cm³/mol. The Labute approximate surface area is 161 Å². The first-order valence-electron chi connectivity index (χ1n) is 8.40. The Hall–Kier alpha value is -2.59. The van der Waals surface area contributed by atoms with Crippen LogP contribution < -0.4 is 4.74 Å². The lowest BCUT2D eigenvalue weighted by atomic mass is 10.1. The van der Waals surface area contributed by atoms with Gasteiger partial charge in [-0.3, -0.25) is 0 Å². The normalized spacial score (nSPS) is 10.3. The van der Waals surface area contributed by atoms with E-state index in [0.29, 0.717) is 18.8 Å². The topological polar surface area (TPSA) is 35.5 Å². The van der Waals surface area contributed by atoms with Crippen LogP contribution in [-0.4, -0.2) is 19.2 Å². The van der Waals surface area contributed by atoms with Crippen LogP contribution in [0.1, 0.15) is 5.56 Å². The second-order valence-electron chi connectivity index (χ2n) is 5.76. The summed E-state index contributed by atoms with van der Waals surface area (Å²) in [5.41, 5.74) is 3.34. The molecule has 132 valence electrons. The predicted octanol–water partition coefficient (Wildman–Crippen LogP) is 5.28. The Morgan fingerprint density at radius 3 is 2.23 bits per heavy atom. The van der Waals surface area contributed by atoms with Crippen molar-refractivity contribution >= 4 is 21.9 Å². The number of rotatable bonds is 7. The molecule has 26 heavy (non-hydrogen) atoms. The molecule has 0 aliphatic rings. The van der Waals surface area contributed by atoms with Crippen molar-refractivity contribution in [1.82, 2.24) is 0 Å². The third-order valence-electron chi connectivity index (χ3n) is 3.88. The van der Waals surface area contributed by atoms with Crippen LogP contribution in [0.2, 0.25) is 0 Å². The number of ether oxygens (including phenoxy) is 2. The lowest BCUT2D eigenvalue weighted by molar-refractivity contribution is -0.145. The highest BCUT2D eigenvalue weighted by Crippen LogP contribution is 2.30. The average Bonchev–Trinajstić information content (AvgIpc) is 2.68. The molecule has 0 aliphatic heterocycles. The van der Waals surface area contributed by atoms with Gasteiger partial charge in [0.2, 0.25) is 0 Å². The van der Waals surface area contributed by atoms with Gasteiger partial charge in [-0.2, -0.15) is 0 Å². The van der Waals surface area contributed by atoms with E-state index < -0.39 is 0 Å². The summed E-state index contributed by atoms with van der Waals surface area (Å²) >= 11 is 3.50. The molecular weight excluding hydrogens is 392 g/mol. The Morgan fingerprint density at radius 1 is 0.846 bits per heavy atom. The van der Waals surface area contributed by atoms with Crippen molar-refractivity contribution in [3.8, 4) is 16.9 Å². The molecule has 0 fully saturated rings. The Bertz CT molecular complexity index is 848. The van der Waals surface area contributed by atoms with E-state index in [2.05, 4.69) is 15.9 Å². The summed E-state index contributed by atoms with van der Waals surface area (Å²) in [6, 6.07) is 25.8. The molecule has 3 rings (SSSR count). The van der Waals surface area contributed by atoms with Gasteiger partial charge >= 0.3 is 5.97 Å². The number of carbonyl (C=O) groups excluding carboxylic acids is 1. The van der Waals surface area contributed by atoms with Crippen molar-refractivity contribution in [2.75, 3.05) is 13.2 Å². The standard InChI is InChI=1S/C22H19BrO3/c23-20-15-19(18-9-5-2-6-10-18)11-12-21(20)26-16-22(24)25-14-13-17-7-3-1-4-8-17/h1-12,15H,13-14,16H2. The van der Waals surface area contributed by atoms with Gasteiger partial charge in [0.05, 0.1) is 11.1 Å². The van der Waals surface area contributed by atoms with E-state index in [9.17, 15) is 4.79 Å². The van der Waals surface area contributed by atoms with Crippen molar-refractivity contribution in [2.45, 2.75) is 6.42 Å². The third-order valence-corrected chi connectivity index (χ3v) is 4.50. The van der Waals surface area contributed by atoms with Gasteiger partial charge in [0.15, 0.2) is 6.61 Å². The molecule has 4 heteroatoms. The van der Waals surface area contributed by atoms with Gasteiger partial charge in [-0.05, 0) is 44.8 Å². The summed E-state index contributed by atoms with van der Waals surface area (Å²) in [5, 5.41) is 0. The van der Waals surface area contributed by atoms with Crippen molar-refractivity contribution in [3.63, 3.8) is 0 Å². The lowest BCUT2D eigenvalue weighted by Gasteiger charge is -2.10. The van der Waals surface area contributed by atoms with E-state index in [-0.39, 0.29) is 12.6 Å². The molecule has 0 atom stereocenters. The fourth-order valence-electron chi connectivity index (χ4n) is 2.53. The number of hydrogen-bond acceptors (Lipinski definition) is 3. The molecule has 0 heterocycles. The molecule has 3 nitrogen and oxygen atoms in total. The Morgan fingerprint density at radius 2 is 1.54 bits per heavy atom. The molecule has 0 saturated carbocycles. The van der Waals surface area contributed by atoms with Crippen molar-refractivity contribution in [2.24, 2.45) is 0 Å². The minimum atomic E-state index is -0.375. The largest absolute Gasteiger partial charge is 0.481 e. The molecule has 0 aromatic heterocycles. The molecule has 0 unspecified atom stereocenters. The number of carbonyl (C=O) groups is 1. The fraction of sp³-hybridized carbons (Fsp3) is 0.136. The molecule has 0 amide bonds. The molecule has 3 aromatic rings. The minimum absolute atomic E-state index is 0.113. The lowest BCUT2D eigenvalue weighted by Crippen LogP contribution is -2.16. The van der Waals surface area contributed by atoms with Crippen LogP contribution in [-0.2, 0) is 16.0 Å². The molecule has 0 N–H and O–H groups in total. The smallest absolute Gasteiger partial charge is 0.344 e. The third kappa shape index (κ3) is 5.20. The first-order valence-corrected chi connectivity index (χ1v) is 9.19. The highest BCUT2D eigenvalue weighted by molar-refractivity contribution is 9.10. The van der Waals surface area contributed by atoms with Gasteiger partial charge < -0.3 is 9.47 Å². The fourth-order valence-corrected chi connectivity index (χ4v) is 3.03. The van der Waals surface area contributed by atoms with Crippen LogP contribution in [0.5, 0.6) is 5.75 Å². The van der Waals surface area contributed by atoms with Crippen molar-refractivity contribution < 1.29 is 14.3 Å². The Kier molecular flexibility index (Phi) is 6.45. The summed E-state index contributed by atoms with van der Waals surface area (Å²) in [7, 11) is 0. The summed E-state index contributed by atoms with van der Waals surface area (Å²) in [6.07, 6.45) is 0.696. The maximum Gasteiger partial charge on any atom is 0.344 e. The van der Waals surface area contributed by atoms with Crippen LogP contribution in [0.25, 0.3) is 11.1 Å². The summed E-state index contributed by atoms with van der Waals surface area (Å²) in [5.74, 6) is 0.240. The summed E-state index contributed by atoms with van der Waals surface area (Å²) in [4.78, 5) is 11.8.